The smallest absolute Gasteiger partial charge is 0.354 e. The van der Waals surface area contributed by atoms with Crippen LogP contribution in [-0.2, 0) is 12.7 Å². The highest BCUT2D eigenvalue weighted by molar-refractivity contribution is 5.42. The molecule has 128 valence electrons. The quantitative estimate of drug-likeness (QED) is 0.852. The predicted molar refractivity (Wildman–Crippen MR) is 87.9 cm³/mol. The van der Waals surface area contributed by atoms with E-state index in [4.69, 9.17) is 0 Å². The van der Waals surface area contributed by atoms with Crippen molar-refractivity contribution in [2.75, 3.05) is 31.1 Å². The minimum atomic E-state index is -4.33. The zero-order valence-electron chi connectivity index (χ0n) is 13.6. The van der Waals surface area contributed by atoms with Crippen LogP contribution in [0.1, 0.15) is 16.7 Å². The first-order valence-corrected chi connectivity index (χ1v) is 7.98. The van der Waals surface area contributed by atoms with E-state index in [1.165, 1.54) is 17.3 Å². The van der Waals surface area contributed by atoms with Crippen LogP contribution in [0.5, 0.6) is 0 Å². The largest absolute Gasteiger partial charge is 0.416 e. The second-order valence-corrected chi connectivity index (χ2v) is 6.15. The third kappa shape index (κ3) is 4.06. The number of piperazine rings is 1. The van der Waals surface area contributed by atoms with Gasteiger partial charge in [0.15, 0.2) is 0 Å². The Balaban J connectivity index is 1.61. The van der Waals surface area contributed by atoms with Gasteiger partial charge < -0.3 is 4.90 Å². The predicted octanol–water partition coefficient (Wildman–Crippen LogP) is 3.73. The Morgan fingerprint density at radius 3 is 2.46 bits per heavy atom. The Labute approximate surface area is 139 Å². The molecule has 3 nitrogen and oxygen atoms in total. The van der Waals surface area contributed by atoms with E-state index < -0.39 is 11.7 Å². The summed E-state index contributed by atoms with van der Waals surface area (Å²) in [6.45, 7) is 5.92. The van der Waals surface area contributed by atoms with Crippen molar-refractivity contribution >= 4 is 5.82 Å². The molecule has 2 aromatic rings. The highest BCUT2D eigenvalue weighted by Crippen LogP contribution is 2.30. The molecule has 24 heavy (non-hydrogen) atoms. The van der Waals surface area contributed by atoms with Crippen LogP contribution in [-0.4, -0.2) is 36.1 Å². The van der Waals surface area contributed by atoms with Gasteiger partial charge in [0.05, 0.1) is 5.56 Å². The molecule has 0 N–H and O–H groups in total. The van der Waals surface area contributed by atoms with Crippen LogP contribution < -0.4 is 4.90 Å². The molecule has 0 spiro atoms. The number of anilines is 1. The van der Waals surface area contributed by atoms with Crippen molar-refractivity contribution in [3.8, 4) is 0 Å². The molecule has 6 heteroatoms. The Kier molecular flexibility index (Phi) is 4.76. The molecule has 1 aliphatic rings. The molecular formula is C18H20F3N3. The van der Waals surface area contributed by atoms with Gasteiger partial charge >= 0.3 is 6.18 Å². The van der Waals surface area contributed by atoms with E-state index in [0.29, 0.717) is 18.9 Å². The molecule has 1 fully saturated rings. The average Bonchev–Trinajstić information content (AvgIpc) is 2.55. The van der Waals surface area contributed by atoms with Gasteiger partial charge in [-0.1, -0.05) is 29.8 Å². The van der Waals surface area contributed by atoms with Crippen LogP contribution in [0.25, 0.3) is 0 Å². The van der Waals surface area contributed by atoms with Gasteiger partial charge in [0.1, 0.15) is 5.82 Å². The number of hydrogen-bond donors (Lipinski definition) is 0. The molecule has 0 aliphatic carbocycles. The van der Waals surface area contributed by atoms with E-state index >= 15 is 0 Å². The summed E-state index contributed by atoms with van der Waals surface area (Å²) >= 11 is 0. The van der Waals surface area contributed by atoms with E-state index in [-0.39, 0.29) is 0 Å². The second-order valence-electron chi connectivity index (χ2n) is 6.15. The molecule has 2 heterocycles. The highest BCUT2D eigenvalue weighted by atomic mass is 19.4. The van der Waals surface area contributed by atoms with Gasteiger partial charge in [-0.25, -0.2) is 4.98 Å². The number of aromatic nitrogens is 1. The number of benzene rings is 1. The lowest BCUT2D eigenvalue weighted by Crippen LogP contribution is -2.46. The SMILES string of the molecule is Cc1cccc(CN2CCN(c3cc(C(F)(F)F)ccn3)CC2)c1. The topological polar surface area (TPSA) is 19.4 Å². The van der Waals surface area contributed by atoms with Gasteiger partial charge in [0, 0.05) is 38.9 Å². The van der Waals surface area contributed by atoms with Crippen LogP contribution in [0, 0.1) is 6.92 Å². The Hall–Kier alpha value is -2.08. The summed E-state index contributed by atoms with van der Waals surface area (Å²) in [5.41, 5.74) is 1.86. The Morgan fingerprint density at radius 1 is 1.04 bits per heavy atom. The van der Waals surface area contributed by atoms with E-state index in [1.807, 2.05) is 11.0 Å². The summed E-state index contributed by atoms with van der Waals surface area (Å²) in [6.07, 6.45) is -3.10. The van der Waals surface area contributed by atoms with Gasteiger partial charge in [-0.15, -0.1) is 0 Å². The summed E-state index contributed by atoms with van der Waals surface area (Å²) in [6, 6.07) is 10.5. The highest BCUT2D eigenvalue weighted by Gasteiger charge is 2.31. The third-order valence-electron chi connectivity index (χ3n) is 4.26. The molecular weight excluding hydrogens is 315 g/mol. The van der Waals surface area contributed by atoms with Crippen molar-refractivity contribution in [1.82, 2.24) is 9.88 Å². The van der Waals surface area contributed by atoms with Gasteiger partial charge in [-0.05, 0) is 24.6 Å². The maximum absolute atomic E-state index is 12.8. The normalized spacial score (nSPS) is 16.4. The van der Waals surface area contributed by atoms with Crippen LogP contribution in [0.2, 0.25) is 0 Å². The number of alkyl halides is 3. The van der Waals surface area contributed by atoms with Crippen LogP contribution >= 0.6 is 0 Å². The molecule has 0 atom stereocenters. The molecule has 1 aromatic heterocycles. The number of hydrogen-bond acceptors (Lipinski definition) is 3. The maximum Gasteiger partial charge on any atom is 0.416 e. The van der Waals surface area contributed by atoms with Gasteiger partial charge in [0.2, 0.25) is 0 Å². The van der Waals surface area contributed by atoms with Crippen LogP contribution in [0.3, 0.4) is 0 Å². The molecule has 3 rings (SSSR count). The first kappa shape index (κ1) is 16.8. The lowest BCUT2D eigenvalue weighted by Gasteiger charge is -2.35. The standard InChI is InChI=1S/C18H20F3N3/c1-14-3-2-4-15(11-14)13-23-7-9-24(10-8-23)17-12-16(5-6-22-17)18(19,20)21/h2-6,11-12H,7-10,13H2,1H3. The van der Waals surface area contributed by atoms with Crippen molar-refractivity contribution in [3.63, 3.8) is 0 Å². The summed E-state index contributed by atoms with van der Waals surface area (Å²) in [5, 5.41) is 0. The van der Waals surface area contributed by atoms with Crippen molar-refractivity contribution in [2.24, 2.45) is 0 Å². The van der Waals surface area contributed by atoms with E-state index in [9.17, 15) is 13.2 Å². The summed E-state index contributed by atoms with van der Waals surface area (Å²) in [5.74, 6) is 0.403. The van der Waals surface area contributed by atoms with Crippen LogP contribution in [0.15, 0.2) is 42.6 Å². The Morgan fingerprint density at radius 2 is 1.79 bits per heavy atom. The molecule has 1 aliphatic heterocycles. The molecule has 0 bridgehead atoms. The number of nitrogens with zero attached hydrogens (tertiary/aromatic N) is 3. The molecule has 0 unspecified atom stereocenters. The van der Waals surface area contributed by atoms with Crippen molar-refractivity contribution in [2.45, 2.75) is 19.6 Å². The maximum atomic E-state index is 12.8. The molecule has 1 saturated heterocycles. The lowest BCUT2D eigenvalue weighted by atomic mass is 10.1. The summed E-state index contributed by atoms with van der Waals surface area (Å²) < 4.78 is 38.5. The first-order valence-electron chi connectivity index (χ1n) is 7.98. The summed E-state index contributed by atoms with van der Waals surface area (Å²) in [7, 11) is 0. The number of halogens is 3. The number of aryl methyl sites for hydroxylation is 1. The van der Waals surface area contributed by atoms with Gasteiger partial charge in [-0.2, -0.15) is 13.2 Å². The minimum Gasteiger partial charge on any atom is -0.354 e. The average molecular weight is 335 g/mol. The molecule has 0 amide bonds. The molecule has 1 aromatic carbocycles. The molecule has 0 saturated carbocycles. The second kappa shape index (κ2) is 6.81. The van der Waals surface area contributed by atoms with Crippen molar-refractivity contribution in [3.05, 3.63) is 59.3 Å². The van der Waals surface area contributed by atoms with Gasteiger partial charge in [-0.3, -0.25) is 4.90 Å². The van der Waals surface area contributed by atoms with Crippen molar-refractivity contribution in [1.29, 1.82) is 0 Å². The fourth-order valence-electron chi connectivity index (χ4n) is 2.97. The number of pyridine rings is 1. The fourth-order valence-corrected chi connectivity index (χ4v) is 2.97. The number of rotatable bonds is 3. The van der Waals surface area contributed by atoms with E-state index in [2.05, 4.69) is 35.0 Å². The van der Waals surface area contributed by atoms with E-state index in [0.717, 1.165) is 31.8 Å². The Bertz CT molecular complexity index is 692. The summed E-state index contributed by atoms with van der Waals surface area (Å²) in [4.78, 5) is 8.34. The minimum absolute atomic E-state index is 0.403. The third-order valence-corrected chi connectivity index (χ3v) is 4.26. The molecule has 0 radical (unpaired) electrons. The zero-order chi connectivity index (χ0) is 17.2. The van der Waals surface area contributed by atoms with Gasteiger partial charge in [0.25, 0.3) is 0 Å². The fraction of sp³-hybridized carbons (Fsp3) is 0.389. The first-order chi connectivity index (χ1) is 11.4. The lowest BCUT2D eigenvalue weighted by molar-refractivity contribution is -0.137. The monoisotopic (exact) mass is 335 g/mol. The van der Waals surface area contributed by atoms with E-state index in [1.54, 1.807) is 0 Å². The zero-order valence-corrected chi connectivity index (χ0v) is 13.6. The van der Waals surface area contributed by atoms with Crippen molar-refractivity contribution < 1.29 is 13.2 Å². The van der Waals surface area contributed by atoms with Crippen LogP contribution in [0.4, 0.5) is 19.0 Å².